The molecule has 0 radical (unpaired) electrons. The normalized spacial score (nSPS) is 18.0. The second-order valence-electron chi connectivity index (χ2n) is 11.4. The third-order valence-electron chi connectivity index (χ3n) is 7.96. The highest BCUT2D eigenvalue weighted by molar-refractivity contribution is 7.89. The van der Waals surface area contributed by atoms with E-state index in [4.69, 9.17) is 14.2 Å². The van der Waals surface area contributed by atoms with Gasteiger partial charge in [0.15, 0.2) is 17.6 Å². The molecular formula is C32H38N4O8S. The van der Waals surface area contributed by atoms with Crippen molar-refractivity contribution in [2.45, 2.75) is 56.8 Å². The highest BCUT2D eigenvalue weighted by Gasteiger charge is 2.40. The van der Waals surface area contributed by atoms with Crippen LogP contribution in [0.4, 0.5) is 10.6 Å². The number of pyridine rings is 1. The topological polar surface area (TPSA) is 148 Å². The number of benzene rings is 2. The van der Waals surface area contributed by atoms with E-state index in [1.807, 2.05) is 51.1 Å². The number of hydrogen-bond acceptors (Lipinski definition) is 9. The first-order valence-corrected chi connectivity index (χ1v) is 16.3. The monoisotopic (exact) mass is 638 g/mol. The van der Waals surface area contributed by atoms with Gasteiger partial charge in [0.05, 0.1) is 23.6 Å². The second-order valence-corrected chi connectivity index (χ2v) is 13.3. The molecule has 5 rings (SSSR count). The molecule has 2 aromatic carbocycles. The number of carbonyl (C=O) groups excluding carboxylic acids is 2. The molecule has 0 aliphatic carbocycles. The Bertz CT molecular complexity index is 1620. The van der Waals surface area contributed by atoms with Crippen molar-refractivity contribution in [2.24, 2.45) is 5.92 Å². The molecule has 0 bridgehead atoms. The molecule has 1 saturated heterocycles. The van der Waals surface area contributed by atoms with E-state index in [1.165, 1.54) is 21.3 Å². The van der Waals surface area contributed by atoms with Crippen LogP contribution in [0.15, 0.2) is 71.8 Å². The zero-order chi connectivity index (χ0) is 32.1. The molecule has 2 N–H and O–H groups in total. The molecule has 2 amide bonds. The van der Waals surface area contributed by atoms with E-state index in [0.717, 1.165) is 11.1 Å². The van der Waals surface area contributed by atoms with Gasteiger partial charge in [-0.3, -0.25) is 9.69 Å². The number of anilines is 1. The maximum atomic E-state index is 13.9. The number of cyclic esters (lactones) is 1. The van der Waals surface area contributed by atoms with Gasteiger partial charge in [-0.15, -0.1) is 0 Å². The van der Waals surface area contributed by atoms with Crippen LogP contribution in [0.3, 0.4) is 0 Å². The van der Waals surface area contributed by atoms with Crippen LogP contribution in [0.5, 0.6) is 11.5 Å². The predicted octanol–water partition coefficient (Wildman–Crippen LogP) is 3.27. The first kappa shape index (κ1) is 32.2. The van der Waals surface area contributed by atoms with E-state index in [-0.39, 0.29) is 43.7 Å². The summed E-state index contributed by atoms with van der Waals surface area (Å²) in [7, 11) is -4.08. The summed E-state index contributed by atoms with van der Waals surface area (Å²) in [4.78, 5) is 31.6. The molecule has 0 spiro atoms. The van der Waals surface area contributed by atoms with E-state index in [0.29, 0.717) is 23.7 Å². The molecule has 3 aromatic rings. The Morgan fingerprint density at radius 1 is 1.11 bits per heavy atom. The fraction of sp³-hybridized carbons (Fsp3) is 0.406. The van der Waals surface area contributed by atoms with Crippen molar-refractivity contribution in [1.29, 1.82) is 0 Å². The molecule has 2 aliphatic heterocycles. The molecule has 0 saturated carbocycles. The van der Waals surface area contributed by atoms with Gasteiger partial charge in [-0.25, -0.2) is 18.2 Å². The largest absolute Gasteiger partial charge is 0.454 e. The van der Waals surface area contributed by atoms with E-state index < -0.39 is 40.3 Å². The number of aliphatic hydroxyl groups is 1. The van der Waals surface area contributed by atoms with Crippen LogP contribution in [0.2, 0.25) is 0 Å². The van der Waals surface area contributed by atoms with Crippen molar-refractivity contribution >= 4 is 27.8 Å². The van der Waals surface area contributed by atoms with Gasteiger partial charge in [-0.2, -0.15) is 4.31 Å². The molecule has 2 aliphatic rings. The minimum absolute atomic E-state index is 0.00453. The second kappa shape index (κ2) is 13.8. The van der Waals surface area contributed by atoms with Gasteiger partial charge in [-0.05, 0) is 54.7 Å². The van der Waals surface area contributed by atoms with Gasteiger partial charge in [0.1, 0.15) is 5.82 Å². The lowest BCUT2D eigenvalue weighted by Gasteiger charge is -2.31. The van der Waals surface area contributed by atoms with E-state index in [1.54, 1.807) is 24.4 Å². The van der Waals surface area contributed by atoms with Crippen molar-refractivity contribution < 1.29 is 37.3 Å². The summed E-state index contributed by atoms with van der Waals surface area (Å²) in [5.41, 5.74) is 1.72. The number of nitrogens with one attached hydrogen (secondary N) is 1. The standard InChI is InChI=1S/C32H38N4O8S/c1-4-21(2)17-35(45(40,41)24-10-11-27-28(16-24)43-20-42-27)18-26(37)25(15-23-8-6-5-7-9-23)34-31(38)29-19-36(32(39)44-29)30-14-22(3)12-13-33-30/h5-14,16,21,25-26,29,37H,4,15,17-20H2,1-3H3,(H,34,38)/t21-,25?,26-,29?/m1/s1. The van der Waals surface area contributed by atoms with Crippen LogP contribution in [0, 0.1) is 12.8 Å². The quantitative estimate of drug-likeness (QED) is 0.288. The van der Waals surface area contributed by atoms with Gasteiger partial charge in [0, 0.05) is 25.4 Å². The molecule has 3 heterocycles. The lowest BCUT2D eigenvalue weighted by molar-refractivity contribution is -0.129. The summed E-state index contributed by atoms with van der Waals surface area (Å²) in [5.74, 6) is 0.534. The summed E-state index contributed by atoms with van der Waals surface area (Å²) in [6, 6.07) is 16.3. The molecule has 4 atom stereocenters. The van der Waals surface area contributed by atoms with Crippen LogP contribution in [0.1, 0.15) is 31.4 Å². The number of fused-ring (bicyclic) bond motifs is 1. The van der Waals surface area contributed by atoms with Crippen molar-refractivity contribution in [3.63, 3.8) is 0 Å². The Hall–Kier alpha value is -4.20. The summed E-state index contributed by atoms with van der Waals surface area (Å²) >= 11 is 0. The number of aryl methyl sites for hydroxylation is 1. The van der Waals surface area contributed by atoms with Gasteiger partial charge in [0.2, 0.25) is 16.8 Å². The number of aliphatic hydroxyl groups excluding tert-OH is 1. The van der Waals surface area contributed by atoms with Crippen LogP contribution in [-0.4, -0.2) is 79.5 Å². The average molecular weight is 639 g/mol. The van der Waals surface area contributed by atoms with Crippen molar-refractivity contribution in [3.8, 4) is 11.5 Å². The smallest absolute Gasteiger partial charge is 0.416 e. The number of aromatic nitrogens is 1. The van der Waals surface area contributed by atoms with Crippen molar-refractivity contribution in [3.05, 3.63) is 78.0 Å². The highest BCUT2D eigenvalue weighted by atomic mass is 32.2. The maximum absolute atomic E-state index is 13.9. The fourth-order valence-corrected chi connectivity index (χ4v) is 6.74. The van der Waals surface area contributed by atoms with E-state index in [2.05, 4.69) is 10.3 Å². The fourth-order valence-electron chi connectivity index (χ4n) is 5.15. The summed E-state index contributed by atoms with van der Waals surface area (Å²) in [5, 5.41) is 14.4. The molecule has 12 nitrogen and oxygen atoms in total. The number of sulfonamides is 1. The number of nitrogens with zero attached hydrogens (tertiary/aromatic N) is 3. The highest BCUT2D eigenvalue weighted by Crippen LogP contribution is 2.35. The van der Waals surface area contributed by atoms with Gasteiger partial charge >= 0.3 is 6.09 Å². The first-order chi connectivity index (χ1) is 21.5. The maximum Gasteiger partial charge on any atom is 0.416 e. The number of ether oxygens (including phenoxy) is 3. The molecule has 45 heavy (non-hydrogen) atoms. The van der Waals surface area contributed by atoms with Crippen molar-refractivity contribution in [1.82, 2.24) is 14.6 Å². The Morgan fingerprint density at radius 2 is 1.87 bits per heavy atom. The van der Waals surface area contributed by atoms with Crippen molar-refractivity contribution in [2.75, 3.05) is 31.3 Å². The summed E-state index contributed by atoms with van der Waals surface area (Å²) in [6.07, 6.45) is -0.679. The van der Waals surface area contributed by atoms with Crippen LogP contribution >= 0.6 is 0 Å². The predicted molar refractivity (Wildman–Crippen MR) is 165 cm³/mol. The Labute approximate surface area is 263 Å². The lowest BCUT2D eigenvalue weighted by atomic mass is 10.0. The average Bonchev–Trinajstić information content (AvgIpc) is 3.67. The van der Waals surface area contributed by atoms with Crippen LogP contribution in [0.25, 0.3) is 0 Å². The Balaban J connectivity index is 1.37. The zero-order valence-corrected chi connectivity index (χ0v) is 26.3. The number of amides is 2. The third-order valence-corrected chi connectivity index (χ3v) is 9.78. The first-order valence-electron chi connectivity index (χ1n) is 14.9. The van der Waals surface area contributed by atoms with Gasteiger partial charge < -0.3 is 24.6 Å². The molecule has 1 fully saturated rings. The number of hydrogen-bond donors (Lipinski definition) is 2. The summed E-state index contributed by atoms with van der Waals surface area (Å²) in [6.45, 7) is 5.56. The van der Waals surface area contributed by atoms with Crippen LogP contribution < -0.4 is 19.7 Å². The Kier molecular flexibility index (Phi) is 9.90. The zero-order valence-electron chi connectivity index (χ0n) is 25.5. The minimum atomic E-state index is -4.08. The number of carbonyl (C=O) groups is 2. The molecule has 13 heteroatoms. The van der Waals surface area contributed by atoms with E-state index in [9.17, 15) is 23.1 Å². The van der Waals surface area contributed by atoms with Gasteiger partial charge in [-0.1, -0.05) is 50.6 Å². The minimum Gasteiger partial charge on any atom is -0.454 e. The number of rotatable bonds is 13. The van der Waals surface area contributed by atoms with Gasteiger partial charge in [0.25, 0.3) is 5.91 Å². The SMILES string of the molecule is CC[C@@H](C)CN(C[C@@H](O)C(Cc1ccccc1)NC(=O)C1CN(c2cc(C)ccn2)C(=O)O1)S(=O)(=O)c1ccc2c(c1)OCO2. The third kappa shape index (κ3) is 7.55. The van der Waals surface area contributed by atoms with E-state index >= 15 is 0 Å². The molecule has 2 unspecified atom stereocenters. The summed E-state index contributed by atoms with van der Waals surface area (Å²) < 4.78 is 45.2. The van der Waals surface area contributed by atoms with Crippen LogP contribution in [-0.2, 0) is 26.0 Å². The molecular weight excluding hydrogens is 600 g/mol. The lowest BCUT2D eigenvalue weighted by Crippen LogP contribution is -2.53. The molecule has 1 aromatic heterocycles. The molecule has 240 valence electrons. The Morgan fingerprint density at radius 3 is 2.60 bits per heavy atom.